The van der Waals surface area contributed by atoms with Crippen molar-refractivity contribution in [2.75, 3.05) is 0 Å². The first-order chi connectivity index (χ1) is 5.65. The van der Waals surface area contributed by atoms with Crippen LogP contribution in [0.3, 0.4) is 0 Å². The smallest absolute Gasteiger partial charge is 0.0294 e. The fourth-order valence-electron chi connectivity index (χ4n) is 1.46. The monoisotopic (exact) mass is 199 g/mol. The Balaban J connectivity index is 0.00000144. The third-order valence-electron chi connectivity index (χ3n) is 2.26. The van der Waals surface area contributed by atoms with E-state index in [1.807, 2.05) is 0 Å². The molecule has 0 spiro atoms. The molecular weight excluding hydrogens is 182 g/mol. The molecule has 0 bridgehead atoms. The predicted molar refractivity (Wildman–Crippen MR) is 60.4 cm³/mol. The fourth-order valence-corrected chi connectivity index (χ4v) is 1.46. The summed E-state index contributed by atoms with van der Waals surface area (Å²) in [4.78, 5) is 0. The number of halogens is 1. The number of nitrogens with two attached hydrogens (primary N) is 1. The SMILES string of the molecule is CC[C@@H](N)c1ccc(C)cc1C.Cl. The van der Waals surface area contributed by atoms with Gasteiger partial charge in [-0.15, -0.1) is 12.4 Å². The third-order valence-corrected chi connectivity index (χ3v) is 2.26. The Bertz CT molecular complexity index is 271. The minimum atomic E-state index is 0. The Labute approximate surface area is 86.7 Å². The maximum Gasteiger partial charge on any atom is 0.0294 e. The van der Waals surface area contributed by atoms with Crippen LogP contribution < -0.4 is 5.73 Å². The van der Waals surface area contributed by atoms with Gasteiger partial charge in [0.15, 0.2) is 0 Å². The third kappa shape index (κ3) is 3.02. The van der Waals surface area contributed by atoms with Crippen LogP contribution in [0.15, 0.2) is 18.2 Å². The van der Waals surface area contributed by atoms with Crippen LogP contribution in [0.4, 0.5) is 0 Å². The van der Waals surface area contributed by atoms with Crippen molar-refractivity contribution in [1.29, 1.82) is 0 Å². The average Bonchev–Trinajstić information content (AvgIpc) is 2.03. The van der Waals surface area contributed by atoms with Gasteiger partial charge in [0.1, 0.15) is 0 Å². The van der Waals surface area contributed by atoms with Crippen molar-refractivity contribution in [3.8, 4) is 0 Å². The Kier molecular flexibility index (Phi) is 5.04. The van der Waals surface area contributed by atoms with Crippen molar-refractivity contribution in [2.24, 2.45) is 5.73 Å². The molecule has 0 fully saturated rings. The zero-order valence-electron chi connectivity index (χ0n) is 8.50. The summed E-state index contributed by atoms with van der Waals surface area (Å²) in [5.74, 6) is 0. The second-order valence-electron chi connectivity index (χ2n) is 3.37. The standard InChI is InChI=1S/C11H17N.ClH/c1-4-11(12)10-6-5-8(2)7-9(10)3;/h5-7,11H,4,12H2,1-3H3;1H/t11-;/m1./s1. The van der Waals surface area contributed by atoms with Crippen molar-refractivity contribution in [3.05, 3.63) is 34.9 Å². The summed E-state index contributed by atoms with van der Waals surface area (Å²) in [5.41, 5.74) is 9.84. The Morgan fingerprint density at radius 1 is 1.31 bits per heavy atom. The number of aryl methyl sites for hydroxylation is 2. The van der Waals surface area contributed by atoms with Crippen molar-refractivity contribution in [2.45, 2.75) is 33.2 Å². The average molecular weight is 200 g/mol. The molecule has 13 heavy (non-hydrogen) atoms. The summed E-state index contributed by atoms with van der Waals surface area (Å²) in [5, 5.41) is 0. The Morgan fingerprint density at radius 2 is 1.92 bits per heavy atom. The van der Waals surface area contributed by atoms with Crippen LogP contribution in [0, 0.1) is 13.8 Å². The number of hydrogen-bond acceptors (Lipinski definition) is 1. The zero-order valence-corrected chi connectivity index (χ0v) is 9.32. The summed E-state index contributed by atoms with van der Waals surface area (Å²) in [6.45, 7) is 6.34. The molecule has 1 aromatic rings. The molecule has 1 atom stereocenters. The maximum absolute atomic E-state index is 5.95. The largest absolute Gasteiger partial charge is 0.324 e. The molecule has 0 aliphatic carbocycles. The first-order valence-electron chi connectivity index (χ1n) is 4.48. The zero-order chi connectivity index (χ0) is 9.14. The van der Waals surface area contributed by atoms with E-state index in [0.717, 1.165) is 6.42 Å². The van der Waals surface area contributed by atoms with Gasteiger partial charge in [0, 0.05) is 6.04 Å². The van der Waals surface area contributed by atoms with Crippen LogP contribution in [0.5, 0.6) is 0 Å². The quantitative estimate of drug-likeness (QED) is 0.778. The minimum absolute atomic E-state index is 0. The molecule has 0 saturated heterocycles. The second-order valence-corrected chi connectivity index (χ2v) is 3.37. The van der Waals surface area contributed by atoms with Gasteiger partial charge < -0.3 is 5.73 Å². The van der Waals surface area contributed by atoms with Crippen molar-refractivity contribution in [1.82, 2.24) is 0 Å². The van der Waals surface area contributed by atoms with Gasteiger partial charge in [-0.1, -0.05) is 30.7 Å². The molecule has 2 N–H and O–H groups in total. The molecule has 2 heteroatoms. The van der Waals surface area contributed by atoms with Crippen LogP contribution in [-0.2, 0) is 0 Å². The van der Waals surface area contributed by atoms with E-state index in [9.17, 15) is 0 Å². The van der Waals surface area contributed by atoms with Gasteiger partial charge >= 0.3 is 0 Å². The highest BCUT2D eigenvalue weighted by Crippen LogP contribution is 2.18. The Morgan fingerprint density at radius 3 is 2.38 bits per heavy atom. The van der Waals surface area contributed by atoms with E-state index in [2.05, 4.69) is 39.0 Å². The lowest BCUT2D eigenvalue weighted by molar-refractivity contribution is 0.693. The van der Waals surface area contributed by atoms with Gasteiger partial charge in [-0.25, -0.2) is 0 Å². The van der Waals surface area contributed by atoms with E-state index in [1.54, 1.807) is 0 Å². The van der Waals surface area contributed by atoms with Crippen LogP contribution in [-0.4, -0.2) is 0 Å². The highest BCUT2D eigenvalue weighted by Gasteiger charge is 2.05. The van der Waals surface area contributed by atoms with E-state index in [1.165, 1.54) is 16.7 Å². The molecule has 0 saturated carbocycles. The predicted octanol–water partition coefficient (Wildman–Crippen LogP) is 3.14. The lowest BCUT2D eigenvalue weighted by Crippen LogP contribution is -2.10. The highest BCUT2D eigenvalue weighted by atomic mass is 35.5. The van der Waals surface area contributed by atoms with Crippen LogP contribution >= 0.6 is 12.4 Å². The first kappa shape index (κ1) is 12.5. The molecule has 0 aliphatic rings. The molecule has 0 aliphatic heterocycles. The van der Waals surface area contributed by atoms with E-state index in [-0.39, 0.29) is 18.4 Å². The summed E-state index contributed by atoms with van der Waals surface area (Å²) < 4.78 is 0. The second kappa shape index (κ2) is 5.25. The molecule has 0 aromatic heterocycles. The van der Waals surface area contributed by atoms with Crippen molar-refractivity contribution < 1.29 is 0 Å². The molecule has 0 amide bonds. The van der Waals surface area contributed by atoms with Crippen molar-refractivity contribution in [3.63, 3.8) is 0 Å². The topological polar surface area (TPSA) is 26.0 Å². The molecule has 1 nitrogen and oxygen atoms in total. The molecule has 0 unspecified atom stereocenters. The maximum atomic E-state index is 5.95. The number of hydrogen-bond donors (Lipinski definition) is 1. The number of benzene rings is 1. The molecule has 1 rings (SSSR count). The van der Waals surface area contributed by atoms with Gasteiger partial charge in [0.25, 0.3) is 0 Å². The van der Waals surface area contributed by atoms with Gasteiger partial charge in [-0.3, -0.25) is 0 Å². The first-order valence-corrected chi connectivity index (χ1v) is 4.48. The summed E-state index contributed by atoms with van der Waals surface area (Å²) in [7, 11) is 0. The van der Waals surface area contributed by atoms with Gasteiger partial charge in [0.05, 0.1) is 0 Å². The number of rotatable bonds is 2. The molecule has 0 heterocycles. The Hall–Kier alpha value is -0.530. The van der Waals surface area contributed by atoms with Crippen molar-refractivity contribution >= 4 is 12.4 Å². The fraction of sp³-hybridized carbons (Fsp3) is 0.455. The normalized spacial score (nSPS) is 12.0. The van der Waals surface area contributed by atoms with E-state index >= 15 is 0 Å². The van der Waals surface area contributed by atoms with E-state index < -0.39 is 0 Å². The van der Waals surface area contributed by atoms with E-state index in [0.29, 0.717) is 0 Å². The minimum Gasteiger partial charge on any atom is -0.324 e. The van der Waals surface area contributed by atoms with Crippen LogP contribution in [0.25, 0.3) is 0 Å². The summed E-state index contributed by atoms with van der Waals surface area (Å²) in [6, 6.07) is 6.65. The molecule has 74 valence electrons. The molecular formula is C11H18ClN. The van der Waals surface area contributed by atoms with Crippen LogP contribution in [0.2, 0.25) is 0 Å². The van der Waals surface area contributed by atoms with Gasteiger partial charge in [-0.2, -0.15) is 0 Å². The summed E-state index contributed by atoms with van der Waals surface area (Å²) >= 11 is 0. The molecule has 1 aromatic carbocycles. The van der Waals surface area contributed by atoms with Gasteiger partial charge in [0.2, 0.25) is 0 Å². The lowest BCUT2D eigenvalue weighted by Gasteiger charge is -2.12. The van der Waals surface area contributed by atoms with Gasteiger partial charge in [-0.05, 0) is 31.4 Å². The van der Waals surface area contributed by atoms with E-state index in [4.69, 9.17) is 5.73 Å². The summed E-state index contributed by atoms with van der Waals surface area (Å²) in [6.07, 6.45) is 1.00. The molecule has 0 radical (unpaired) electrons. The highest BCUT2D eigenvalue weighted by molar-refractivity contribution is 5.85. The van der Waals surface area contributed by atoms with Crippen LogP contribution in [0.1, 0.15) is 36.1 Å². The lowest BCUT2D eigenvalue weighted by atomic mass is 9.98.